The maximum absolute atomic E-state index is 5.23. The van der Waals surface area contributed by atoms with Crippen molar-refractivity contribution in [1.29, 1.82) is 0 Å². The van der Waals surface area contributed by atoms with Crippen LogP contribution in [0.4, 0.5) is 0 Å². The van der Waals surface area contributed by atoms with E-state index in [1.54, 1.807) is 0 Å². The van der Waals surface area contributed by atoms with Crippen LogP contribution in [-0.2, 0) is 4.74 Å². The summed E-state index contributed by atoms with van der Waals surface area (Å²) in [6.45, 7) is 2.07. The van der Waals surface area contributed by atoms with Gasteiger partial charge >= 0.3 is 0 Å². The van der Waals surface area contributed by atoms with Gasteiger partial charge in [0, 0.05) is 12.0 Å². The first kappa shape index (κ1) is 8.52. The predicted octanol–water partition coefficient (Wildman–Crippen LogP) is 1.41. The average molecular weight is 169 g/mol. The molecule has 0 spiro atoms. The quantitative estimate of drug-likeness (QED) is 0.675. The second kappa shape index (κ2) is 3.75. The third-order valence-electron chi connectivity index (χ3n) is 3.51. The van der Waals surface area contributed by atoms with Gasteiger partial charge in [0.25, 0.3) is 0 Å². The van der Waals surface area contributed by atoms with Gasteiger partial charge in [-0.1, -0.05) is 0 Å². The molecule has 2 aliphatic rings. The van der Waals surface area contributed by atoms with Crippen LogP contribution in [0, 0.1) is 11.8 Å². The van der Waals surface area contributed by atoms with E-state index in [1.165, 1.54) is 25.7 Å². The van der Waals surface area contributed by atoms with Gasteiger partial charge in [-0.15, -0.1) is 0 Å². The molecule has 1 saturated heterocycles. The Morgan fingerprint density at radius 3 is 2.08 bits per heavy atom. The number of hydrogen-bond donors (Lipinski definition) is 1. The van der Waals surface area contributed by atoms with E-state index >= 15 is 0 Å². The lowest BCUT2D eigenvalue weighted by molar-refractivity contribution is -0.0687. The number of hydrogen-bond acceptors (Lipinski definition) is 2. The van der Waals surface area contributed by atoms with Crippen LogP contribution in [0.15, 0.2) is 0 Å². The fourth-order valence-electron chi connectivity index (χ4n) is 2.41. The third kappa shape index (κ3) is 1.64. The van der Waals surface area contributed by atoms with E-state index in [-0.39, 0.29) is 0 Å². The molecule has 70 valence electrons. The lowest BCUT2D eigenvalue weighted by atomic mass is 9.77. The Labute approximate surface area is 74.7 Å². The molecule has 1 aliphatic carbocycles. The topological polar surface area (TPSA) is 21.3 Å². The molecule has 1 aliphatic heterocycles. The van der Waals surface area contributed by atoms with Crippen LogP contribution in [-0.4, -0.2) is 26.3 Å². The summed E-state index contributed by atoms with van der Waals surface area (Å²) >= 11 is 0. The molecule has 0 atom stereocenters. The van der Waals surface area contributed by atoms with Gasteiger partial charge in [-0.2, -0.15) is 0 Å². The van der Waals surface area contributed by atoms with Crippen LogP contribution < -0.4 is 5.32 Å². The highest BCUT2D eigenvalue weighted by Gasteiger charge is 2.31. The van der Waals surface area contributed by atoms with Gasteiger partial charge in [0.1, 0.15) is 0 Å². The van der Waals surface area contributed by atoms with Gasteiger partial charge < -0.3 is 10.1 Å². The van der Waals surface area contributed by atoms with E-state index < -0.39 is 0 Å². The van der Waals surface area contributed by atoms with E-state index in [4.69, 9.17) is 4.74 Å². The van der Waals surface area contributed by atoms with Gasteiger partial charge in [-0.05, 0) is 38.6 Å². The van der Waals surface area contributed by atoms with E-state index in [0.29, 0.717) is 0 Å². The first-order chi connectivity index (χ1) is 5.90. The molecule has 0 amide bonds. The fourth-order valence-corrected chi connectivity index (χ4v) is 2.41. The van der Waals surface area contributed by atoms with Crippen molar-refractivity contribution < 1.29 is 4.74 Å². The van der Waals surface area contributed by atoms with Crippen molar-refractivity contribution in [3.05, 3.63) is 0 Å². The molecule has 0 aromatic carbocycles. The zero-order valence-electron chi connectivity index (χ0n) is 7.88. The van der Waals surface area contributed by atoms with Crippen molar-refractivity contribution in [3.8, 4) is 0 Å². The van der Waals surface area contributed by atoms with Crippen LogP contribution >= 0.6 is 0 Å². The second-order valence-electron chi connectivity index (χ2n) is 4.20. The van der Waals surface area contributed by atoms with Crippen molar-refractivity contribution in [3.63, 3.8) is 0 Å². The first-order valence-corrected chi connectivity index (χ1v) is 5.15. The molecule has 0 aromatic heterocycles. The maximum atomic E-state index is 5.23. The lowest BCUT2D eigenvalue weighted by Gasteiger charge is -2.38. The number of nitrogens with one attached hydrogen (secondary N) is 1. The van der Waals surface area contributed by atoms with Gasteiger partial charge in [0.05, 0.1) is 13.2 Å². The zero-order chi connectivity index (χ0) is 8.39. The Hall–Kier alpha value is -0.0800. The highest BCUT2D eigenvalue weighted by Crippen LogP contribution is 2.33. The monoisotopic (exact) mass is 169 g/mol. The van der Waals surface area contributed by atoms with E-state index in [9.17, 15) is 0 Å². The molecular formula is C10H19NO. The van der Waals surface area contributed by atoms with Crippen molar-refractivity contribution in [2.45, 2.75) is 31.7 Å². The second-order valence-corrected chi connectivity index (χ2v) is 4.20. The molecule has 12 heavy (non-hydrogen) atoms. The minimum atomic E-state index is 0.794. The van der Waals surface area contributed by atoms with Crippen LogP contribution in [0.25, 0.3) is 0 Å². The Morgan fingerprint density at radius 1 is 1.00 bits per heavy atom. The standard InChI is InChI=1S/C10H19NO/c1-11-10-4-2-8(3-5-10)9-6-12-7-9/h8-11H,2-7H2,1H3. The molecule has 0 aromatic rings. The molecule has 2 fully saturated rings. The highest BCUT2D eigenvalue weighted by molar-refractivity contribution is 4.82. The SMILES string of the molecule is CNC1CCC(C2COC2)CC1. The molecule has 0 unspecified atom stereocenters. The van der Waals surface area contributed by atoms with Crippen LogP contribution in [0.2, 0.25) is 0 Å². The highest BCUT2D eigenvalue weighted by atomic mass is 16.5. The van der Waals surface area contributed by atoms with Crippen LogP contribution in [0.5, 0.6) is 0 Å². The van der Waals surface area contributed by atoms with Gasteiger partial charge in [0.15, 0.2) is 0 Å². The molecule has 0 bridgehead atoms. The molecule has 1 heterocycles. The summed E-state index contributed by atoms with van der Waals surface area (Å²) in [6.07, 6.45) is 5.58. The number of ether oxygens (including phenoxy) is 1. The van der Waals surface area contributed by atoms with Crippen molar-refractivity contribution >= 4 is 0 Å². The average Bonchev–Trinajstić information content (AvgIpc) is 2.03. The fraction of sp³-hybridized carbons (Fsp3) is 1.00. The van der Waals surface area contributed by atoms with Crippen molar-refractivity contribution in [2.75, 3.05) is 20.3 Å². The summed E-state index contributed by atoms with van der Waals surface area (Å²) < 4.78 is 5.23. The van der Waals surface area contributed by atoms with Gasteiger partial charge in [-0.25, -0.2) is 0 Å². The smallest absolute Gasteiger partial charge is 0.0519 e. The molecule has 2 nitrogen and oxygen atoms in total. The van der Waals surface area contributed by atoms with E-state index in [1.807, 2.05) is 0 Å². The maximum Gasteiger partial charge on any atom is 0.0519 e. The predicted molar refractivity (Wildman–Crippen MR) is 49.1 cm³/mol. The summed E-state index contributed by atoms with van der Waals surface area (Å²) in [5.41, 5.74) is 0. The summed E-state index contributed by atoms with van der Waals surface area (Å²) in [5, 5.41) is 3.37. The molecule has 1 saturated carbocycles. The molecular weight excluding hydrogens is 150 g/mol. The van der Waals surface area contributed by atoms with Crippen LogP contribution in [0.1, 0.15) is 25.7 Å². The third-order valence-corrected chi connectivity index (χ3v) is 3.51. The Bertz CT molecular complexity index is 137. The Balaban J connectivity index is 1.74. The largest absolute Gasteiger partial charge is 0.381 e. The van der Waals surface area contributed by atoms with Crippen LogP contribution in [0.3, 0.4) is 0 Å². The number of rotatable bonds is 2. The van der Waals surface area contributed by atoms with Crippen molar-refractivity contribution in [1.82, 2.24) is 5.32 Å². The first-order valence-electron chi connectivity index (χ1n) is 5.15. The van der Waals surface area contributed by atoms with Gasteiger partial charge in [0.2, 0.25) is 0 Å². The Morgan fingerprint density at radius 2 is 1.67 bits per heavy atom. The minimum absolute atomic E-state index is 0.794. The lowest BCUT2D eigenvalue weighted by Crippen LogP contribution is -2.39. The van der Waals surface area contributed by atoms with Crippen molar-refractivity contribution in [2.24, 2.45) is 11.8 Å². The molecule has 2 heteroatoms. The molecule has 0 radical (unpaired) electrons. The molecule has 2 rings (SSSR count). The van der Waals surface area contributed by atoms with E-state index in [0.717, 1.165) is 31.1 Å². The van der Waals surface area contributed by atoms with Gasteiger partial charge in [-0.3, -0.25) is 0 Å². The summed E-state index contributed by atoms with van der Waals surface area (Å²) in [6, 6.07) is 0.794. The zero-order valence-corrected chi connectivity index (χ0v) is 7.88. The summed E-state index contributed by atoms with van der Waals surface area (Å²) in [5.74, 6) is 1.88. The summed E-state index contributed by atoms with van der Waals surface area (Å²) in [4.78, 5) is 0. The molecule has 1 N–H and O–H groups in total. The normalized spacial score (nSPS) is 37.8. The van der Waals surface area contributed by atoms with E-state index in [2.05, 4.69) is 12.4 Å². The Kier molecular flexibility index (Phi) is 2.66. The minimum Gasteiger partial charge on any atom is -0.381 e. The summed E-state index contributed by atoms with van der Waals surface area (Å²) in [7, 11) is 2.08.